The number of benzene rings is 3. The van der Waals surface area contributed by atoms with Gasteiger partial charge >= 0.3 is 6.18 Å². The number of nitrogens with zero attached hydrogens (tertiary/aromatic N) is 5. The largest absolute Gasteiger partial charge is 0.455 e. The maximum Gasteiger partial charge on any atom is 0.416 e. The highest BCUT2D eigenvalue weighted by Crippen LogP contribution is 2.46. The van der Waals surface area contributed by atoms with Gasteiger partial charge in [0.2, 0.25) is 5.91 Å². The zero-order valence-electron chi connectivity index (χ0n) is 37.5. The van der Waals surface area contributed by atoms with Crippen molar-refractivity contribution < 1.29 is 45.6 Å². The van der Waals surface area contributed by atoms with Gasteiger partial charge in [0.1, 0.15) is 22.8 Å². The first-order valence-corrected chi connectivity index (χ1v) is 23.9. The number of sulfonamides is 1. The number of fused-ring (bicyclic) bond motifs is 1. The number of hydrogen-bond acceptors (Lipinski definition) is 12. The van der Waals surface area contributed by atoms with Crippen molar-refractivity contribution in [2.45, 2.75) is 57.2 Å². The number of rotatable bonds is 13. The number of H-pyrrole nitrogens is 1. The van der Waals surface area contributed by atoms with E-state index in [2.05, 4.69) is 43.7 Å². The van der Waals surface area contributed by atoms with Gasteiger partial charge in [-0.3, -0.25) is 24.6 Å². The van der Waals surface area contributed by atoms with Crippen LogP contribution in [-0.2, 0) is 25.7 Å². The Bertz CT molecular complexity index is 2900. The number of carbonyl (C=O) groups excluding carboxylic acids is 2. The number of hydrogen-bond donors (Lipinski definition) is 3. The zero-order chi connectivity index (χ0) is 48.5. The Hall–Kier alpha value is -6.22. The van der Waals surface area contributed by atoms with Crippen molar-refractivity contribution in [1.82, 2.24) is 24.5 Å². The van der Waals surface area contributed by atoms with Crippen LogP contribution in [-0.4, -0.2) is 110 Å². The highest BCUT2D eigenvalue weighted by atomic mass is 35.5. The van der Waals surface area contributed by atoms with E-state index in [1.807, 2.05) is 0 Å². The number of allylic oxidation sites excluding steroid dienone is 1. The fourth-order valence-electron chi connectivity index (χ4n) is 8.81. The lowest BCUT2D eigenvalue weighted by Crippen LogP contribution is -2.47. The molecule has 2 saturated heterocycles. The number of alkyl halides is 3. The maximum absolute atomic E-state index is 14.0. The molecule has 1 atom stereocenters. The zero-order valence-corrected chi connectivity index (χ0v) is 39.1. The van der Waals surface area contributed by atoms with Crippen molar-refractivity contribution >= 4 is 67.1 Å². The fourth-order valence-corrected chi connectivity index (χ4v) is 10.1. The molecule has 0 spiro atoms. The summed E-state index contributed by atoms with van der Waals surface area (Å²) in [4.78, 5) is 50.1. The minimum Gasteiger partial charge on any atom is -0.455 e. The molecule has 21 heteroatoms. The molecule has 8 rings (SSSR count). The van der Waals surface area contributed by atoms with Crippen molar-refractivity contribution in [3.8, 4) is 11.5 Å². The number of morpholine rings is 1. The molecule has 16 nitrogen and oxygen atoms in total. The van der Waals surface area contributed by atoms with Crippen LogP contribution in [0.3, 0.4) is 0 Å². The lowest BCUT2D eigenvalue weighted by molar-refractivity contribution is -0.384. The summed E-state index contributed by atoms with van der Waals surface area (Å²) >= 11 is 6.53. The summed E-state index contributed by atoms with van der Waals surface area (Å²) in [6.45, 7) is 9.88. The number of piperazine rings is 1. The third-order valence-corrected chi connectivity index (χ3v) is 14.2. The van der Waals surface area contributed by atoms with Crippen LogP contribution in [0.25, 0.3) is 16.6 Å². The topological polar surface area (TPSA) is 192 Å². The Morgan fingerprint density at radius 2 is 1.82 bits per heavy atom. The number of aromatic nitrogens is 2. The second-order valence-electron chi connectivity index (χ2n) is 18.0. The minimum atomic E-state index is -4.68. The summed E-state index contributed by atoms with van der Waals surface area (Å²) in [5.41, 5.74) is 2.52. The Labute approximate surface area is 395 Å². The van der Waals surface area contributed by atoms with Gasteiger partial charge in [-0.15, -0.1) is 0 Å². The number of aromatic amines is 1. The molecule has 3 aromatic carbocycles. The van der Waals surface area contributed by atoms with E-state index < -0.39 is 49.3 Å². The van der Waals surface area contributed by atoms with E-state index in [4.69, 9.17) is 21.1 Å². The van der Waals surface area contributed by atoms with Gasteiger partial charge in [-0.25, -0.2) is 18.1 Å². The molecule has 4 heterocycles. The van der Waals surface area contributed by atoms with Gasteiger partial charge in [-0.2, -0.15) is 13.2 Å². The van der Waals surface area contributed by atoms with E-state index in [0.29, 0.717) is 69.2 Å². The molecule has 5 aromatic rings. The normalized spacial score (nSPS) is 18.1. The van der Waals surface area contributed by atoms with E-state index in [1.165, 1.54) is 31.3 Å². The summed E-state index contributed by atoms with van der Waals surface area (Å²) < 4.78 is 82.0. The van der Waals surface area contributed by atoms with Crippen LogP contribution in [0, 0.1) is 15.5 Å². The van der Waals surface area contributed by atoms with E-state index in [1.54, 1.807) is 35.4 Å². The van der Waals surface area contributed by atoms with Gasteiger partial charge < -0.3 is 29.6 Å². The van der Waals surface area contributed by atoms with Crippen LogP contribution in [0.4, 0.5) is 30.2 Å². The number of anilines is 2. The third kappa shape index (κ3) is 11.0. The first-order valence-electron chi connectivity index (χ1n) is 22.0. The summed E-state index contributed by atoms with van der Waals surface area (Å²) in [7, 11) is -4.68. The molecule has 2 fully saturated rings. The predicted octanol–water partition coefficient (Wildman–Crippen LogP) is 8.50. The molecule has 0 bridgehead atoms. The molecule has 68 heavy (non-hydrogen) atoms. The van der Waals surface area contributed by atoms with Crippen molar-refractivity contribution in [2.24, 2.45) is 5.41 Å². The molecule has 3 aliphatic rings. The van der Waals surface area contributed by atoms with Crippen molar-refractivity contribution in [3.63, 3.8) is 0 Å². The van der Waals surface area contributed by atoms with Crippen molar-refractivity contribution in [1.29, 1.82) is 0 Å². The lowest BCUT2D eigenvalue weighted by atomic mass is 9.72. The molecule has 2 aliphatic heterocycles. The molecule has 0 radical (unpaired) electrons. The first kappa shape index (κ1) is 48.2. The average molecular weight is 979 g/mol. The second kappa shape index (κ2) is 19.4. The van der Waals surface area contributed by atoms with Gasteiger partial charge in [0.05, 0.1) is 39.9 Å². The second-order valence-corrected chi connectivity index (χ2v) is 20.0. The number of ether oxygens (including phenoxy) is 2. The SMILES string of the molecule is CC(=O)N1CCO[C@@H](CNc2ccc(S(=O)(=O)NC(=O)c3ccc(N4CCN(CC5=C(c6ccc(C(F)(F)F)cc6Cl)CC(C)(C)CC5)CC4)cc3Oc3cnc4[nH]ccc4c3)cc2[N+](=O)[O-])C1. The Morgan fingerprint density at radius 1 is 1.04 bits per heavy atom. The van der Waals surface area contributed by atoms with E-state index in [0.717, 1.165) is 53.6 Å². The van der Waals surface area contributed by atoms with Crippen molar-refractivity contribution in [2.75, 3.05) is 69.2 Å². The highest BCUT2D eigenvalue weighted by Gasteiger charge is 2.34. The third-order valence-electron chi connectivity index (χ3n) is 12.6. The van der Waals surface area contributed by atoms with Crippen LogP contribution in [0.2, 0.25) is 5.02 Å². The van der Waals surface area contributed by atoms with Gasteiger partial charge in [-0.1, -0.05) is 37.1 Å². The standard InChI is InChI=1S/C47H50ClF3N8O8S/c1-29(60)58-18-19-66-35(28-58)26-53-41-9-6-36(23-42(41)59(62)63)68(64,65)55-45(61)38-8-5-33(22-43(38)67-34-20-30-11-13-52-44(30)54-25-34)57-16-14-56(15-17-57)27-31-10-12-46(2,3)24-39(31)37-7-4-32(21-40(37)48)47(49,50)51/h4-9,11,13,20-23,25,35,53H,10,12,14-19,24,26-28H2,1-3H3,(H,52,54)(H,55,61)/t35-/m0/s1. The first-order chi connectivity index (χ1) is 32.2. The summed E-state index contributed by atoms with van der Waals surface area (Å²) in [5.74, 6) is -0.870. The van der Waals surface area contributed by atoms with Gasteiger partial charge in [0.25, 0.3) is 21.6 Å². The molecular weight excluding hydrogens is 929 g/mol. The van der Waals surface area contributed by atoms with Gasteiger partial charge in [-0.05, 0) is 84.3 Å². The van der Waals surface area contributed by atoms with E-state index >= 15 is 0 Å². The number of pyridine rings is 1. The molecule has 2 amide bonds. The number of nitrogens with one attached hydrogen (secondary N) is 3. The molecular formula is C47H50ClF3N8O8S. The fraction of sp³-hybridized carbons (Fsp3) is 0.383. The van der Waals surface area contributed by atoms with E-state index in [9.17, 15) is 41.3 Å². The average Bonchev–Trinajstić information content (AvgIpc) is 3.77. The van der Waals surface area contributed by atoms with Gasteiger partial charge in [0.15, 0.2) is 0 Å². The lowest BCUT2D eigenvalue weighted by Gasteiger charge is -2.39. The van der Waals surface area contributed by atoms with Crippen LogP contribution in [0.5, 0.6) is 11.5 Å². The van der Waals surface area contributed by atoms with E-state index in [-0.39, 0.29) is 52.2 Å². The minimum absolute atomic E-state index is 0.0202. The van der Waals surface area contributed by atoms with Crippen LogP contribution in [0.15, 0.2) is 89.6 Å². The summed E-state index contributed by atoms with van der Waals surface area (Å²) in [6.07, 6.45) is 0.586. The predicted molar refractivity (Wildman–Crippen MR) is 251 cm³/mol. The molecule has 3 N–H and O–H groups in total. The van der Waals surface area contributed by atoms with Gasteiger partial charge in [0, 0.05) is 93.7 Å². The van der Waals surface area contributed by atoms with Crippen LogP contribution in [0.1, 0.15) is 61.5 Å². The Balaban J connectivity index is 0.997. The van der Waals surface area contributed by atoms with Crippen molar-refractivity contribution in [3.05, 3.63) is 117 Å². The monoisotopic (exact) mass is 978 g/mol. The smallest absolute Gasteiger partial charge is 0.416 e. The quantitative estimate of drug-likeness (QED) is 0.0754. The number of nitro benzene ring substituents is 1. The Kier molecular flexibility index (Phi) is 13.8. The highest BCUT2D eigenvalue weighted by molar-refractivity contribution is 7.90. The molecule has 0 saturated carbocycles. The molecule has 2 aromatic heterocycles. The number of carbonyl (C=O) groups is 2. The number of halogens is 4. The molecule has 0 unspecified atom stereocenters. The molecule has 360 valence electrons. The summed E-state index contributed by atoms with van der Waals surface area (Å²) in [6, 6.07) is 15.1. The molecule has 1 aliphatic carbocycles. The van der Waals surface area contributed by atoms with Crippen LogP contribution < -0.4 is 19.7 Å². The number of amides is 2. The summed E-state index contributed by atoms with van der Waals surface area (Å²) in [5, 5.41) is 15.9. The number of nitro groups is 1. The van der Waals surface area contributed by atoms with Crippen LogP contribution >= 0.6 is 11.6 Å². The maximum atomic E-state index is 14.0. The Morgan fingerprint density at radius 3 is 2.54 bits per heavy atom.